The highest BCUT2D eigenvalue weighted by Crippen LogP contribution is 2.32. The van der Waals surface area contributed by atoms with Crippen molar-refractivity contribution in [2.24, 2.45) is 0 Å². The van der Waals surface area contributed by atoms with Gasteiger partial charge in [0.1, 0.15) is 13.2 Å². The molecular weight excluding hydrogens is 394 g/mol. The molecule has 0 radical (unpaired) electrons. The molecule has 0 bridgehead atoms. The molecule has 1 aliphatic heterocycles. The van der Waals surface area contributed by atoms with E-state index in [0.29, 0.717) is 35.2 Å². The fraction of sp³-hybridized carbons (Fsp3) is 0.294. The average molecular weight is 412 g/mol. The lowest BCUT2D eigenvalue weighted by Gasteiger charge is -2.21. The zero-order valence-electron chi connectivity index (χ0n) is 13.5. The fourth-order valence-corrected chi connectivity index (χ4v) is 4.47. The molecule has 1 aliphatic rings. The van der Waals surface area contributed by atoms with E-state index in [4.69, 9.17) is 9.47 Å². The summed E-state index contributed by atoms with van der Waals surface area (Å²) in [5.74, 6) is 1.35. The van der Waals surface area contributed by atoms with Crippen molar-refractivity contribution < 1.29 is 17.9 Å². The van der Waals surface area contributed by atoms with Gasteiger partial charge in [0.15, 0.2) is 11.5 Å². The quantitative estimate of drug-likeness (QED) is 0.773. The first-order valence-corrected chi connectivity index (χ1v) is 9.72. The van der Waals surface area contributed by atoms with Crippen LogP contribution in [0.5, 0.6) is 11.5 Å². The highest BCUT2D eigenvalue weighted by atomic mass is 79.9. The van der Waals surface area contributed by atoms with E-state index >= 15 is 0 Å². The Labute approximate surface area is 150 Å². The maximum Gasteiger partial charge on any atom is 0.243 e. The van der Waals surface area contributed by atoms with Crippen LogP contribution in [0.25, 0.3) is 0 Å². The number of hydrogen-bond acceptors (Lipinski definition) is 4. The van der Waals surface area contributed by atoms with Crippen molar-refractivity contribution in [2.75, 3.05) is 20.3 Å². The molecule has 0 aliphatic carbocycles. The van der Waals surface area contributed by atoms with Crippen molar-refractivity contribution in [3.8, 4) is 11.5 Å². The molecule has 2 aromatic carbocycles. The largest absolute Gasteiger partial charge is 0.486 e. The van der Waals surface area contributed by atoms with Crippen LogP contribution in [0.1, 0.15) is 11.1 Å². The number of halogens is 1. The number of aryl methyl sites for hydroxylation is 1. The lowest BCUT2D eigenvalue weighted by Crippen LogP contribution is -2.27. The van der Waals surface area contributed by atoms with Crippen LogP contribution >= 0.6 is 15.9 Å². The number of rotatable bonds is 4. The summed E-state index contributed by atoms with van der Waals surface area (Å²) in [5, 5.41) is 0. The maximum absolute atomic E-state index is 12.8. The minimum Gasteiger partial charge on any atom is -0.486 e. The predicted molar refractivity (Wildman–Crippen MR) is 95.0 cm³/mol. The van der Waals surface area contributed by atoms with Crippen molar-refractivity contribution >= 4 is 26.0 Å². The van der Waals surface area contributed by atoms with E-state index in [1.54, 1.807) is 26.1 Å². The molecule has 128 valence electrons. The molecule has 0 saturated carbocycles. The molecule has 0 spiro atoms. The molecule has 1 heterocycles. The first-order valence-electron chi connectivity index (χ1n) is 7.49. The summed E-state index contributed by atoms with van der Waals surface area (Å²) in [6.07, 6.45) is 0. The van der Waals surface area contributed by atoms with Crippen LogP contribution < -0.4 is 9.47 Å². The Hall–Kier alpha value is -1.57. The smallest absolute Gasteiger partial charge is 0.243 e. The number of nitrogens with zero attached hydrogens (tertiary/aromatic N) is 1. The van der Waals surface area contributed by atoms with Gasteiger partial charge in [-0.3, -0.25) is 0 Å². The minimum absolute atomic E-state index is 0.255. The average Bonchev–Trinajstić information content (AvgIpc) is 2.56. The zero-order chi connectivity index (χ0) is 17.3. The van der Waals surface area contributed by atoms with Crippen LogP contribution in [0.3, 0.4) is 0 Å². The zero-order valence-corrected chi connectivity index (χ0v) is 15.9. The summed E-state index contributed by atoms with van der Waals surface area (Å²) in [7, 11) is -2.00. The first-order chi connectivity index (χ1) is 11.4. The molecule has 24 heavy (non-hydrogen) atoms. The summed E-state index contributed by atoms with van der Waals surface area (Å²) < 4.78 is 38.8. The molecule has 0 amide bonds. The Morgan fingerprint density at radius 1 is 1.08 bits per heavy atom. The topological polar surface area (TPSA) is 55.8 Å². The van der Waals surface area contributed by atoms with Gasteiger partial charge in [0, 0.05) is 18.1 Å². The lowest BCUT2D eigenvalue weighted by molar-refractivity contribution is 0.171. The number of fused-ring (bicyclic) bond motifs is 1. The summed E-state index contributed by atoms with van der Waals surface area (Å²) in [6, 6.07) is 10.7. The molecule has 3 rings (SSSR count). The Bertz CT molecular complexity index is 867. The Morgan fingerprint density at radius 3 is 2.54 bits per heavy atom. The third-order valence-corrected chi connectivity index (χ3v) is 6.29. The summed E-state index contributed by atoms with van der Waals surface area (Å²) in [6.45, 7) is 3.08. The van der Waals surface area contributed by atoms with Crippen LogP contribution in [-0.2, 0) is 16.6 Å². The van der Waals surface area contributed by atoms with Gasteiger partial charge in [-0.1, -0.05) is 28.1 Å². The molecule has 7 heteroatoms. The summed E-state index contributed by atoms with van der Waals surface area (Å²) >= 11 is 3.33. The molecule has 0 aromatic heterocycles. The molecule has 5 nitrogen and oxygen atoms in total. The minimum atomic E-state index is -3.58. The summed E-state index contributed by atoms with van der Waals surface area (Å²) in [5.41, 5.74) is 1.56. The van der Waals surface area contributed by atoms with Crippen molar-refractivity contribution in [3.63, 3.8) is 0 Å². The van der Waals surface area contributed by atoms with Crippen molar-refractivity contribution in [1.29, 1.82) is 0 Å². The standard InChI is InChI=1S/C17H18BrNO4S/c1-12-3-5-14(18)10-17(12)24(20,21)19(2)11-13-4-6-15-16(9-13)23-8-7-22-15/h3-6,9-10H,7-8,11H2,1-2H3. The van der Waals surface area contributed by atoms with Crippen molar-refractivity contribution in [1.82, 2.24) is 4.31 Å². The lowest BCUT2D eigenvalue weighted by atomic mass is 10.2. The summed E-state index contributed by atoms with van der Waals surface area (Å²) in [4.78, 5) is 0.303. The van der Waals surface area contributed by atoms with Gasteiger partial charge in [0.05, 0.1) is 4.90 Å². The van der Waals surface area contributed by atoms with E-state index < -0.39 is 10.0 Å². The number of ether oxygens (including phenoxy) is 2. The first kappa shape index (κ1) is 17.3. The molecule has 0 unspecified atom stereocenters. The Kier molecular flexibility index (Phi) is 4.85. The fourth-order valence-electron chi connectivity index (χ4n) is 2.55. The Balaban J connectivity index is 1.86. The second-order valence-electron chi connectivity index (χ2n) is 5.65. The molecule has 2 aromatic rings. The van der Waals surface area contributed by atoms with E-state index in [1.807, 2.05) is 24.3 Å². The van der Waals surface area contributed by atoms with E-state index in [9.17, 15) is 8.42 Å². The second-order valence-corrected chi connectivity index (χ2v) is 8.58. The van der Waals surface area contributed by atoms with Crippen LogP contribution in [-0.4, -0.2) is 33.0 Å². The number of sulfonamides is 1. The number of hydrogen-bond donors (Lipinski definition) is 0. The van der Waals surface area contributed by atoms with Gasteiger partial charge in [-0.2, -0.15) is 4.31 Å². The van der Waals surface area contributed by atoms with E-state index in [2.05, 4.69) is 15.9 Å². The van der Waals surface area contributed by atoms with Gasteiger partial charge >= 0.3 is 0 Å². The van der Waals surface area contributed by atoms with E-state index in [1.165, 1.54) is 4.31 Å². The highest BCUT2D eigenvalue weighted by Gasteiger charge is 2.24. The van der Waals surface area contributed by atoms with Crippen molar-refractivity contribution in [3.05, 3.63) is 52.0 Å². The molecule has 0 fully saturated rings. The normalized spacial score (nSPS) is 14.0. The van der Waals surface area contributed by atoms with Crippen LogP contribution in [0.15, 0.2) is 45.8 Å². The number of benzene rings is 2. The molecule has 0 saturated heterocycles. The van der Waals surface area contributed by atoms with Crippen LogP contribution in [0, 0.1) is 6.92 Å². The maximum atomic E-state index is 12.8. The third-order valence-electron chi connectivity index (χ3n) is 3.85. The third kappa shape index (κ3) is 3.43. The van der Waals surface area contributed by atoms with E-state index in [0.717, 1.165) is 10.0 Å². The second kappa shape index (κ2) is 6.74. The van der Waals surface area contributed by atoms with Gasteiger partial charge in [-0.25, -0.2) is 8.42 Å². The van der Waals surface area contributed by atoms with Crippen LogP contribution in [0.2, 0.25) is 0 Å². The van der Waals surface area contributed by atoms with Crippen LogP contribution in [0.4, 0.5) is 0 Å². The highest BCUT2D eigenvalue weighted by molar-refractivity contribution is 9.10. The van der Waals surface area contributed by atoms with Gasteiger partial charge in [-0.05, 0) is 42.3 Å². The molecular formula is C17H18BrNO4S. The Morgan fingerprint density at radius 2 is 1.79 bits per heavy atom. The SMILES string of the molecule is Cc1ccc(Br)cc1S(=O)(=O)N(C)Cc1ccc2c(c1)OCCO2. The molecule has 0 atom stereocenters. The monoisotopic (exact) mass is 411 g/mol. The van der Waals surface area contributed by atoms with Crippen molar-refractivity contribution in [2.45, 2.75) is 18.4 Å². The van der Waals surface area contributed by atoms with E-state index in [-0.39, 0.29) is 6.54 Å². The van der Waals surface area contributed by atoms with Gasteiger partial charge < -0.3 is 9.47 Å². The predicted octanol–water partition coefficient (Wildman–Crippen LogP) is 3.35. The van der Waals surface area contributed by atoms with Gasteiger partial charge in [-0.15, -0.1) is 0 Å². The molecule has 0 N–H and O–H groups in total. The van der Waals surface area contributed by atoms with Gasteiger partial charge in [0.2, 0.25) is 10.0 Å². The van der Waals surface area contributed by atoms with Gasteiger partial charge in [0.25, 0.3) is 0 Å².